The van der Waals surface area contributed by atoms with Crippen molar-refractivity contribution in [3.63, 3.8) is 0 Å². The fraction of sp³-hybridized carbons (Fsp3) is 0.290. The second kappa shape index (κ2) is 12.0. The third-order valence-corrected chi connectivity index (χ3v) is 8.59. The highest BCUT2D eigenvalue weighted by Crippen LogP contribution is 2.24. The first-order chi connectivity index (χ1) is 18.9. The number of aryl methyl sites for hydroxylation is 1. The number of carbonyl (C=O) groups excluding carboxylic acids is 1. The lowest BCUT2D eigenvalue weighted by Crippen LogP contribution is -2.48. The maximum atomic E-state index is 13.1. The molecule has 0 aliphatic carbocycles. The van der Waals surface area contributed by atoms with E-state index in [1.807, 2.05) is 17.0 Å². The first-order valence-corrected chi connectivity index (χ1v) is 15.0. The molecule has 39 heavy (non-hydrogen) atoms. The van der Waals surface area contributed by atoms with Crippen molar-refractivity contribution in [3.8, 4) is 0 Å². The highest BCUT2D eigenvalue weighted by Gasteiger charge is 2.23. The summed E-state index contributed by atoms with van der Waals surface area (Å²) < 4.78 is 28.8. The zero-order chi connectivity index (χ0) is 27.2. The summed E-state index contributed by atoms with van der Waals surface area (Å²) in [4.78, 5) is 21.7. The van der Waals surface area contributed by atoms with Gasteiger partial charge in [-0.15, -0.1) is 0 Å². The van der Waals surface area contributed by atoms with Gasteiger partial charge in [0, 0.05) is 55.6 Å². The second-order valence-electron chi connectivity index (χ2n) is 10.0. The van der Waals surface area contributed by atoms with E-state index in [0.717, 1.165) is 31.4 Å². The minimum atomic E-state index is -3.85. The molecule has 1 aliphatic rings. The molecule has 1 aromatic heterocycles. The fourth-order valence-electron chi connectivity index (χ4n) is 4.93. The summed E-state index contributed by atoms with van der Waals surface area (Å²) in [6, 6.07) is 24.2. The van der Waals surface area contributed by atoms with Crippen LogP contribution in [-0.4, -0.2) is 55.3 Å². The first-order valence-electron chi connectivity index (χ1n) is 13.5. The average molecular weight is 543 g/mol. The molecule has 0 radical (unpaired) electrons. The number of rotatable bonds is 9. The van der Waals surface area contributed by atoms with Crippen LogP contribution < -0.4 is 4.72 Å². The van der Waals surface area contributed by atoms with Crippen molar-refractivity contribution >= 4 is 32.5 Å². The third kappa shape index (κ3) is 6.46. The molecule has 4 aromatic rings. The zero-order valence-corrected chi connectivity index (χ0v) is 23.0. The number of sulfonamides is 1. The molecule has 1 aliphatic heterocycles. The molecule has 0 unspecified atom stereocenters. The van der Waals surface area contributed by atoms with E-state index in [1.165, 1.54) is 30.0 Å². The number of hydrogen-bond acceptors (Lipinski definition) is 5. The summed E-state index contributed by atoms with van der Waals surface area (Å²) in [7, 11) is -3.85. The normalized spacial score (nSPS) is 14.4. The number of benzene rings is 3. The van der Waals surface area contributed by atoms with Crippen LogP contribution in [0.4, 0.5) is 5.69 Å². The van der Waals surface area contributed by atoms with Crippen LogP contribution in [-0.2, 0) is 23.0 Å². The molecule has 0 bridgehead atoms. The number of nitrogens with one attached hydrogen (secondary N) is 1. The number of aromatic nitrogens is 1. The van der Waals surface area contributed by atoms with E-state index in [1.54, 1.807) is 42.6 Å². The number of unbranched alkanes of at least 4 members (excludes halogenated alkanes) is 1. The van der Waals surface area contributed by atoms with Gasteiger partial charge in [-0.3, -0.25) is 19.4 Å². The van der Waals surface area contributed by atoms with E-state index in [9.17, 15) is 13.2 Å². The topological polar surface area (TPSA) is 82.6 Å². The van der Waals surface area contributed by atoms with Crippen LogP contribution >= 0.6 is 0 Å². The number of hydrogen-bond donors (Lipinski definition) is 1. The van der Waals surface area contributed by atoms with Gasteiger partial charge in [0.1, 0.15) is 4.90 Å². The molecule has 1 fully saturated rings. The number of nitrogens with zero attached hydrogens (tertiary/aromatic N) is 3. The smallest absolute Gasteiger partial charge is 0.264 e. The molecule has 1 amide bonds. The molecule has 7 nitrogen and oxygen atoms in total. The Bertz CT molecular complexity index is 1520. The number of amides is 1. The number of fused-ring (bicyclic) bond motifs is 1. The molecule has 0 spiro atoms. The minimum Gasteiger partial charge on any atom is -0.336 e. The number of pyridine rings is 1. The van der Waals surface area contributed by atoms with E-state index in [-0.39, 0.29) is 10.8 Å². The average Bonchev–Trinajstić information content (AvgIpc) is 2.97. The van der Waals surface area contributed by atoms with Gasteiger partial charge in [-0.2, -0.15) is 0 Å². The van der Waals surface area contributed by atoms with E-state index in [2.05, 4.69) is 45.8 Å². The molecule has 2 heterocycles. The van der Waals surface area contributed by atoms with Crippen molar-refractivity contribution in [1.29, 1.82) is 0 Å². The lowest BCUT2D eigenvalue weighted by molar-refractivity contribution is 0.0628. The molecular formula is C31H34N4O3S. The number of carbonyl (C=O) groups is 1. The summed E-state index contributed by atoms with van der Waals surface area (Å²) in [6.45, 7) is 6.06. The lowest BCUT2D eigenvalue weighted by Gasteiger charge is -2.34. The van der Waals surface area contributed by atoms with Gasteiger partial charge < -0.3 is 4.90 Å². The largest absolute Gasteiger partial charge is 0.336 e. The van der Waals surface area contributed by atoms with Gasteiger partial charge in [0.05, 0.1) is 5.52 Å². The van der Waals surface area contributed by atoms with Gasteiger partial charge in [0.2, 0.25) is 0 Å². The standard InChI is InChI=1S/C31H34N4O3S/c1-2-3-6-24-10-12-25(13-11-24)23-34-19-21-35(22-20-34)31(36)27-14-16-28(17-15-27)33-39(37,38)29-9-4-7-26-8-5-18-32-30(26)29/h4-5,7-18,33H,2-3,6,19-23H2,1H3. The number of piperazine rings is 1. The van der Waals surface area contributed by atoms with E-state index in [0.29, 0.717) is 29.9 Å². The number of para-hydroxylation sites is 1. The quantitative estimate of drug-likeness (QED) is 0.309. The maximum absolute atomic E-state index is 13.1. The monoisotopic (exact) mass is 542 g/mol. The molecule has 1 N–H and O–H groups in total. The Balaban J connectivity index is 1.16. The third-order valence-electron chi connectivity index (χ3n) is 7.18. The molecule has 5 rings (SSSR count). The Labute approximate surface area is 230 Å². The fourth-order valence-corrected chi connectivity index (χ4v) is 6.17. The predicted molar refractivity (Wildman–Crippen MR) is 155 cm³/mol. The Morgan fingerprint density at radius 1 is 0.872 bits per heavy atom. The predicted octanol–water partition coefficient (Wildman–Crippen LogP) is 5.34. The summed E-state index contributed by atoms with van der Waals surface area (Å²) in [6.07, 6.45) is 5.13. The van der Waals surface area contributed by atoms with E-state index >= 15 is 0 Å². The van der Waals surface area contributed by atoms with Crippen molar-refractivity contribution in [1.82, 2.24) is 14.8 Å². The van der Waals surface area contributed by atoms with Gasteiger partial charge in [-0.25, -0.2) is 8.42 Å². The van der Waals surface area contributed by atoms with Gasteiger partial charge in [0.15, 0.2) is 0 Å². The van der Waals surface area contributed by atoms with Crippen molar-refractivity contribution in [3.05, 3.63) is 102 Å². The van der Waals surface area contributed by atoms with E-state index in [4.69, 9.17) is 0 Å². The Morgan fingerprint density at radius 2 is 1.56 bits per heavy atom. The zero-order valence-electron chi connectivity index (χ0n) is 22.2. The summed E-state index contributed by atoms with van der Waals surface area (Å²) >= 11 is 0. The van der Waals surface area contributed by atoms with Crippen molar-refractivity contribution in [2.45, 2.75) is 37.6 Å². The van der Waals surface area contributed by atoms with Gasteiger partial charge in [0.25, 0.3) is 15.9 Å². The van der Waals surface area contributed by atoms with Crippen LogP contribution in [0.1, 0.15) is 41.3 Å². The van der Waals surface area contributed by atoms with Gasteiger partial charge in [-0.1, -0.05) is 55.8 Å². The molecule has 1 saturated heterocycles. The summed E-state index contributed by atoms with van der Waals surface area (Å²) in [5.41, 5.74) is 4.04. The van der Waals surface area contributed by atoms with Gasteiger partial charge >= 0.3 is 0 Å². The second-order valence-corrected chi connectivity index (χ2v) is 11.7. The van der Waals surface area contributed by atoms with Crippen LogP contribution in [0.5, 0.6) is 0 Å². The summed E-state index contributed by atoms with van der Waals surface area (Å²) in [5.74, 6) is -0.0393. The Kier molecular flexibility index (Phi) is 8.24. The summed E-state index contributed by atoms with van der Waals surface area (Å²) in [5, 5.41) is 0.752. The highest BCUT2D eigenvalue weighted by molar-refractivity contribution is 7.93. The minimum absolute atomic E-state index is 0.0393. The number of anilines is 1. The van der Waals surface area contributed by atoms with Crippen LogP contribution in [0.3, 0.4) is 0 Å². The Morgan fingerprint density at radius 3 is 2.28 bits per heavy atom. The van der Waals surface area contributed by atoms with Crippen molar-refractivity contribution < 1.29 is 13.2 Å². The van der Waals surface area contributed by atoms with Crippen LogP contribution in [0.25, 0.3) is 10.9 Å². The molecular weight excluding hydrogens is 508 g/mol. The van der Waals surface area contributed by atoms with Gasteiger partial charge in [-0.05, 0) is 60.4 Å². The molecule has 0 atom stereocenters. The molecule has 8 heteroatoms. The highest BCUT2D eigenvalue weighted by atomic mass is 32.2. The lowest BCUT2D eigenvalue weighted by atomic mass is 10.1. The van der Waals surface area contributed by atoms with Crippen molar-refractivity contribution in [2.24, 2.45) is 0 Å². The molecule has 3 aromatic carbocycles. The van der Waals surface area contributed by atoms with E-state index < -0.39 is 10.0 Å². The Hall–Kier alpha value is -3.75. The van der Waals surface area contributed by atoms with Crippen LogP contribution in [0.2, 0.25) is 0 Å². The van der Waals surface area contributed by atoms with Crippen LogP contribution in [0.15, 0.2) is 90.0 Å². The maximum Gasteiger partial charge on any atom is 0.264 e. The molecule has 0 saturated carbocycles. The van der Waals surface area contributed by atoms with Crippen molar-refractivity contribution in [2.75, 3.05) is 30.9 Å². The first kappa shape index (κ1) is 26.8. The van der Waals surface area contributed by atoms with Crippen LogP contribution in [0, 0.1) is 0 Å². The SMILES string of the molecule is CCCCc1ccc(CN2CCN(C(=O)c3ccc(NS(=O)(=O)c4cccc5cccnc45)cc3)CC2)cc1. The molecule has 202 valence electrons.